The van der Waals surface area contributed by atoms with Crippen LogP contribution in [0.4, 0.5) is 0 Å². The molecule has 1 aliphatic heterocycles. The van der Waals surface area contributed by atoms with Crippen LogP contribution >= 0.6 is 0 Å². The van der Waals surface area contributed by atoms with E-state index in [1.54, 1.807) is 0 Å². The van der Waals surface area contributed by atoms with E-state index in [1.165, 1.54) is 11.1 Å². The van der Waals surface area contributed by atoms with Gasteiger partial charge in [0.05, 0.1) is 0 Å². The smallest absolute Gasteiger partial charge is 0.220 e. The predicted molar refractivity (Wildman–Crippen MR) is 87.8 cm³/mol. The first-order valence-corrected chi connectivity index (χ1v) is 7.90. The minimum Gasteiger partial charge on any atom is -0.357 e. The van der Waals surface area contributed by atoms with Crippen LogP contribution in [0.25, 0.3) is 0 Å². The molecule has 1 aromatic heterocycles. The van der Waals surface area contributed by atoms with Gasteiger partial charge in [-0.1, -0.05) is 0 Å². The fraction of sp³-hybridized carbons (Fsp3) is 0.562. The molecular weight excluding hydrogens is 278 g/mol. The molecule has 2 rings (SSSR count). The van der Waals surface area contributed by atoms with Gasteiger partial charge in [-0.2, -0.15) is 0 Å². The summed E-state index contributed by atoms with van der Waals surface area (Å²) in [7, 11) is 0. The van der Waals surface area contributed by atoms with E-state index >= 15 is 0 Å². The lowest BCUT2D eigenvalue weighted by Gasteiger charge is -2.25. The first kappa shape index (κ1) is 16.3. The van der Waals surface area contributed by atoms with E-state index in [1.807, 2.05) is 25.4 Å². The molecule has 1 unspecified atom stereocenters. The molecule has 3 N–H and O–H groups in total. The van der Waals surface area contributed by atoms with Crippen LogP contribution in [-0.4, -0.2) is 42.5 Å². The Balaban J connectivity index is 1.87. The van der Waals surface area contributed by atoms with Crippen LogP contribution in [0.2, 0.25) is 0 Å². The maximum absolute atomic E-state index is 11.2. The molecule has 1 fully saturated rings. The summed E-state index contributed by atoms with van der Waals surface area (Å²) in [6, 6.07) is 2.29. The van der Waals surface area contributed by atoms with Gasteiger partial charge < -0.3 is 16.0 Å². The second kappa shape index (κ2) is 8.36. The van der Waals surface area contributed by atoms with Crippen LogP contribution in [0.3, 0.4) is 0 Å². The van der Waals surface area contributed by atoms with Crippen LogP contribution in [0, 0.1) is 6.92 Å². The summed E-state index contributed by atoms with van der Waals surface area (Å²) in [5.74, 6) is 0.948. The minimum atomic E-state index is 0.133. The third-order valence-corrected chi connectivity index (χ3v) is 3.74. The first-order chi connectivity index (χ1) is 10.7. The first-order valence-electron chi connectivity index (χ1n) is 7.90. The molecule has 0 bridgehead atoms. The van der Waals surface area contributed by atoms with Crippen molar-refractivity contribution >= 4 is 11.9 Å². The highest BCUT2D eigenvalue weighted by Gasteiger charge is 2.18. The van der Waals surface area contributed by atoms with E-state index < -0.39 is 0 Å². The van der Waals surface area contributed by atoms with Crippen molar-refractivity contribution in [3.8, 4) is 0 Å². The van der Waals surface area contributed by atoms with Gasteiger partial charge in [-0.05, 0) is 43.9 Å². The molecule has 0 radical (unpaired) electrons. The molecule has 0 aromatic carbocycles. The fourth-order valence-electron chi connectivity index (χ4n) is 2.44. The summed E-state index contributed by atoms with van der Waals surface area (Å²) >= 11 is 0. The molecule has 0 spiro atoms. The third-order valence-electron chi connectivity index (χ3n) is 3.74. The van der Waals surface area contributed by atoms with Crippen molar-refractivity contribution in [1.82, 2.24) is 20.9 Å². The largest absolute Gasteiger partial charge is 0.357 e. The number of pyridine rings is 1. The number of amides is 1. The van der Waals surface area contributed by atoms with E-state index in [-0.39, 0.29) is 11.9 Å². The monoisotopic (exact) mass is 303 g/mol. The zero-order valence-corrected chi connectivity index (χ0v) is 13.4. The number of rotatable bonds is 5. The maximum Gasteiger partial charge on any atom is 0.220 e. The number of carbonyl (C=O) groups excluding carboxylic acids is 1. The lowest BCUT2D eigenvalue weighted by atomic mass is 10.1. The van der Waals surface area contributed by atoms with Crippen molar-refractivity contribution in [2.75, 3.05) is 19.6 Å². The SMILES string of the molecule is CCNC(=NCCc1ccncc1C)NC1CCC(=O)NC1. The average molecular weight is 303 g/mol. The Morgan fingerprint density at radius 1 is 1.55 bits per heavy atom. The Morgan fingerprint density at radius 2 is 2.41 bits per heavy atom. The molecule has 1 amide bonds. The van der Waals surface area contributed by atoms with Crippen molar-refractivity contribution in [3.63, 3.8) is 0 Å². The Bertz CT molecular complexity index is 519. The normalized spacial score (nSPS) is 18.7. The van der Waals surface area contributed by atoms with Gasteiger partial charge in [0.1, 0.15) is 0 Å². The number of hydrogen-bond acceptors (Lipinski definition) is 3. The summed E-state index contributed by atoms with van der Waals surface area (Å²) in [5.41, 5.74) is 2.48. The molecule has 120 valence electrons. The molecule has 1 saturated heterocycles. The molecule has 0 aliphatic carbocycles. The zero-order valence-electron chi connectivity index (χ0n) is 13.4. The van der Waals surface area contributed by atoms with Crippen molar-refractivity contribution in [2.45, 2.75) is 39.2 Å². The van der Waals surface area contributed by atoms with E-state index in [0.29, 0.717) is 13.0 Å². The molecule has 22 heavy (non-hydrogen) atoms. The molecule has 6 nitrogen and oxygen atoms in total. The van der Waals surface area contributed by atoms with E-state index in [2.05, 4.69) is 32.9 Å². The number of aliphatic imine (C=N–C) groups is 1. The quantitative estimate of drug-likeness (QED) is 0.554. The summed E-state index contributed by atoms with van der Waals surface area (Å²) in [6.07, 6.45) is 6.02. The van der Waals surface area contributed by atoms with Gasteiger partial charge in [-0.3, -0.25) is 14.8 Å². The van der Waals surface area contributed by atoms with Crippen LogP contribution in [0.15, 0.2) is 23.5 Å². The standard InChI is InChI=1S/C16H25N5O/c1-3-18-16(21-14-4-5-15(22)20-11-14)19-9-7-13-6-8-17-10-12(13)2/h6,8,10,14H,3-5,7,9,11H2,1-2H3,(H,20,22)(H2,18,19,21). The van der Waals surface area contributed by atoms with Gasteiger partial charge in [-0.15, -0.1) is 0 Å². The van der Waals surface area contributed by atoms with Gasteiger partial charge in [0.2, 0.25) is 5.91 Å². The second-order valence-corrected chi connectivity index (χ2v) is 5.50. The Morgan fingerprint density at radius 3 is 3.09 bits per heavy atom. The van der Waals surface area contributed by atoms with Crippen LogP contribution in [0.1, 0.15) is 30.9 Å². The number of hydrogen-bond donors (Lipinski definition) is 3. The van der Waals surface area contributed by atoms with Crippen LogP contribution < -0.4 is 16.0 Å². The van der Waals surface area contributed by atoms with Gasteiger partial charge in [-0.25, -0.2) is 0 Å². The van der Waals surface area contributed by atoms with Gasteiger partial charge in [0.15, 0.2) is 5.96 Å². The van der Waals surface area contributed by atoms with Crippen molar-refractivity contribution < 1.29 is 4.79 Å². The number of nitrogens with one attached hydrogen (secondary N) is 3. The average Bonchev–Trinajstić information content (AvgIpc) is 2.51. The molecule has 6 heteroatoms. The number of aromatic nitrogens is 1. The summed E-state index contributed by atoms with van der Waals surface area (Å²) in [4.78, 5) is 19.9. The maximum atomic E-state index is 11.2. The highest BCUT2D eigenvalue weighted by molar-refractivity contribution is 5.81. The number of guanidine groups is 1. The van der Waals surface area contributed by atoms with Crippen molar-refractivity contribution in [1.29, 1.82) is 0 Å². The van der Waals surface area contributed by atoms with Crippen molar-refractivity contribution in [2.24, 2.45) is 4.99 Å². The van der Waals surface area contributed by atoms with Gasteiger partial charge in [0, 0.05) is 44.5 Å². The van der Waals surface area contributed by atoms with Crippen molar-refractivity contribution in [3.05, 3.63) is 29.6 Å². The van der Waals surface area contributed by atoms with Crippen LogP contribution in [0.5, 0.6) is 0 Å². The topological polar surface area (TPSA) is 78.4 Å². The lowest BCUT2D eigenvalue weighted by molar-refractivity contribution is -0.122. The highest BCUT2D eigenvalue weighted by Crippen LogP contribution is 2.06. The summed E-state index contributed by atoms with van der Waals surface area (Å²) < 4.78 is 0. The molecule has 1 aromatic rings. The minimum absolute atomic E-state index is 0.133. The van der Waals surface area contributed by atoms with Gasteiger partial charge >= 0.3 is 0 Å². The Labute approximate surface area is 131 Å². The number of piperidine rings is 1. The Kier molecular flexibility index (Phi) is 6.18. The predicted octanol–water partition coefficient (Wildman–Crippen LogP) is 0.766. The van der Waals surface area contributed by atoms with E-state index in [0.717, 1.165) is 31.9 Å². The number of carbonyl (C=O) groups is 1. The Hall–Kier alpha value is -2.11. The molecule has 0 saturated carbocycles. The number of aryl methyl sites for hydroxylation is 1. The summed E-state index contributed by atoms with van der Waals surface area (Å²) in [6.45, 7) is 6.32. The summed E-state index contributed by atoms with van der Waals surface area (Å²) in [5, 5.41) is 9.52. The molecule has 1 atom stereocenters. The molecule has 1 aliphatic rings. The lowest BCUT2D eigenvalue weighted by Crippen LogP contribution is -2.51. The number of nitrogens with zero attached hydrogens (tertiary/aromatic N) is 2. The van der Waals surface area contributed by atoms with Crippen LogP contribution in [-0.2, 0) is 11.2 Å². The third kappa shape index (κ3) is 5.02. The second-order valence-electron chi connectivity index (χ2n) is 5.50. The highest BCUT2D eigenvalue weighted by atomic mass is 16.1. The molecular formula is C16H25N5O. The zero-order chi connectivity index (χ0) is 15.8. The van der Waals surface area contributed by atoms with E-state index in [4.69, 9.17) is 0 Å². The molecule has 2 heterocycles. The van der Waals surface area contributed by atoms with Gasteiger partial charge in [0.25, 0.3) is 0 Å². The van der Waals surface area contributed by atoms with E-state index in [9.17, 15) is 4.79 Å². The fourth-order valence-corrected chi connectivity index (χ4v) is 2.44.